The lowest BCUT2D eigenvalue weighted by atomic mass is 10.1. The Balaban J connectivity index is 2.61. The second-order valence-corrected chi connectivity index (χ2v) is 3.87. The van der Waals surface area contributed by atoms with Crippen LogP contribution in [0.4, 0.5) is 5.69 Å². The lowest BCUT2D eigenvalue weighted by molar-refractivity contribution is -0.114. The highest BCUT2D eigenvalue weighted by Gasteiger charge is 2.36. The first kappa shape index (κ1) is 9.87. The predicted octanol–water partition coefficient (Wildman–Crippen LogP) is 1.50. The second-order valence-electron chi connectivity index (χ2n) is 3.01. The first-order valence-electron chi connectivity index (χ1n) is 4.18. The molecular weight excluding hydrogens is 260 g/mol. The topological polar surface area (TPSA) is 61.2 Å². The van der Waals surface area contributed by atoms with Crippen LogP contribution in [-0.2, 0) is 4.79 Å². The van der Waals surface area contributed by atoms with Crippen LogP contribution in [0.2, 0.25) is 0 Å². The van der Waals surface area contributed by atoms with E-state index in [4.69, 9.17) is 5.26 Å². The number of nitrogens with zero attached hydrogens (tertiary/aromatic N) is 2. The number of rotatable bonds is 1. The molecule has 0 saturated heterocycles. The van der Waals surface area contributed by atoms with Crippen molar-refractivity contribution in [2.75, 3.05) is 11.4 Å². The van der Waals surface area contributed by atoms with Crippen molar-refractivity contribution in [2.45, 2.75) is 0 Å². The highest BCUT2D eigenvalue weighted by Crippen LogP contribution is 2.33. The van der Waals surface area contributed by atoms with Gasteiger partial charge in [-0.05, 0) is 28.1 Å². The number of amides is 1. The van der Waals surface area contributed by atoms with Crippen molar-refractivity contribution >= 4 is 33.3 Å². The van der Waals surface area contributed by atoms with Gasteiger partial charge in [-0.15, -0.1) is 0 Å². The lowest BCUT2D eigenvalue weighted by Crippen LogP contribution is -2.29. The van der Waals surface area contributed by atoms with Crippen LogP contribution in [0.5, 0.6) is 0 Å². The smallest absolute Gasteiger partial charge is 0.291 e. The van der Waals surface area contributed by atoms with Gasteiger partial charge in [-0.2, -0.15) is 5.26 Å². The summed E-state index contributed by atoms with van der Waals surface area (Å²) in [6, 6.07) is 6.93. The summed E-state index contributed by atoms with van der Waals surface area (Å²) in [5.74, 6) is -1.20. The van der Waals surface area contributed by atoms with Crippen LogP contribution >= 0.6 is 15.9 Å². The number of halogens is 1. The number of hydrogen-bond acceptors (Lipinski definition) is 3. The average molecular weight is 265 g/mol. The normalized spacial score (nSPS) is 14.0. The molecule has 1 aliphatic rings. The third-order valence-corrected chi connectivity index (χ3v) is 2.84. The van der Waals surface area contributed by atoms with Gasteiger partial charge in [-0.25, -0.2) is 0 Å². The number of carbonyl (C=O) groups excluding carboxylic acids is 2. The predicted molar refractivity (Wildman–Crippen MR) is 56.4 cm³/mol. The molecule has 15 heavy (non-hydrogen) atoms. The van der Waals surface area contributed by atoms with Gasteiger partial charge in [0.2, 0.25) is 0 Å². The van der Waals surface area contributed by atoms with E-state index in [1.165, 1.54) is 4.90 Å². The summed E-state index contributed by atoms with van der Waals surface area (Å²) in [6.07, 6.45) is 0. The number of nitriles is 1. The Hall–Kier alpha value is -1.67. The fourth-order valence-corrected chi connectivity index (χ4v) is 2.06. The van der Waals surface area contributed by atoms with Crippen molar-refractivity contribution in [1.29, 1.82) is 5.26 Å². The van der Waals surface area contributed by atoms with Gasteiger partial charge in [-0.3, -0.25) is 14.5 Å². The van der Waals surface area contributed by atoms with E-state index < -0.39 is 11.7 Å². The van der Waals surface area contributed by atoms with E-state index in [-0.39, 0.29) is 6.54 Å². The highest BCUT2D eigenvalue weighted by molar-refractivity contribution is 9.10. The Labute approximate surface area is 94.2 Å². The molecule has 0 radical (unpaired) electrons. The molecule has 0 aliphatic carbocycles. The molecule has 5 heteroatoms. The maximum Gasteiger partial charge on any atom is 0.300 e. The van der Waals surface area contributed by atoms with Gasteiger partial charge in [0.15, 0.2) is 0 Å². The molecule has 1 heterocycles. The van der Waals surface area contributed by atoms with Gasteiger partial charge in [0, 0.05) is 4.47 Å². The quantitative estimate of drug-likeness (QED) is 0.571. The largest absolute Gasteiger partial charge is 0.300 e. The van der Waals surface area contributed by atoms with Crippen molar-refractivity contribution in [1.82, 2.24) is 0 Å². The van der Waals surface area contributed by atoms with E-state index in [2.05, 4.69) is 15.9 Å². The fourth-order valence-electron chi connectivity index (χ4n) is 1.53. The zero-order chi connectivity index (χ0) is 11.0. The van der Waals surface area contributed by atoms with Crippen LogP contribution in [-0.4, -0.2) is 18.2 Å². The number of ketones is 1. The third-order valence-electron chi connectivity index (χ3n) is 2.18. The molecule has 0 fully saturated rings. The molecule has 0 N–H and O–H groups in total. The van der Waals surface area contributed by atoms with Gasteiger partial charge in [-0.1, -0.05) is 6.07 Å². The minimum Gasteiger partial charge on any atom is -0.291 e. The standard InChI is InChI=1S/C10H5BrN2O2/c11-6-2-1-3-7-8(6)9(14)10(15)13(7)5-4-12/h1-3H,5H2. The molecule has 1 aromatic rings. The summed E-state index contributed by atoms with van der Waals surface area (Å²) < 4.78 is 0.582. The molecular formula is C10H5BrN2O2. The molecule has 0 unspecified atom stereocenters. The van der Waals surface area contributed by atoms with Crippen molar-refractivity contribution in [3.63, 3.8) is 0 Å². The molecule has 1 amide bonds. The first-order chi connectivity index (χ1) is 7.16. The Morgan fingerprint density at radius 1 is 1.40 bits per heavy atom. The van der Waals surface area contributed by atoms with E-state index >= 15 is 0 Å². The highest BCUT2D eigenvalue weighted by atomic mass is 79.9. The van der Waals surface area contributed by atoms with Crippen LogP contribution in [0.3, 0.4) is 0 Å². The number of anilines is 1. The molecule has 2 rings (SSSR count). The minimum atomic E-state index is -0.640. The zero-order valence-electron chi connectivity index (χ0n) is 7.53. The number of hydrogen-bond donors (Lipinski definition) is 0. The van der Waals surface area contributed by atoms with Crippen molar-refractivity contribution in [3.05, 3.63) is 28.2 Å². The monoisotopic (exact) mass is 264 g/mol. The Morgan fingerprint density at radius 2 is 2.13 bits per heavy atom. The number of benzene rings is 1. The molecule has 0 saturated carbocycles. The summed E-state index contributed by atoms with van der Waals surface area (Å²) in [6.45, 7) is -0.103. The third kappa shape index (κ3) is 1.34. The number of fused-ring (bicyclic) bond motifs is 1. The summed E-state index contributed by atoms with van der Waals surface area (Å²) in [4.78, 5) is 24.3. The molecule has 0 atom stereocenters. The maximum absolute atomic E-state index is 11.6. The summed E-state index contributed by atoms with van der Waals surface area (Å²) in [5, 5.41) is 8.56. The van der Waals surface area contributed by atoms with Crippen LogP contribution < -0.4 is 4.90 Å². The lowest BCUT2D eigenvalue weighted by Gasteiger charge is -2.11. The number of Topliss-reactive ketones (excluding diaryl/α,β-unsaturated/α-hetero) is 1. The molecule has 0 bridgehead atoms. The second kappa shape index (κ2) is 3.48. The fraction of sp³-hybridized carbons (Fsp3) is 0.100. The number of carbonyl (C=O) groups is 2. The molecule has 0 aromatic heterocycles. The van der Waals surface area contributed by atoms with Crippen LogP contribution in [0.25, 0.3) is 0 Å². The maximum atomic E-state index is 11.6. The van der Waals surface area contributed by atoms with Crippen molar-refractivity contribution in [3.8, 4) is 6.07 Å². The zero-order valence-corrected chi connectivity index (χ0v) is 9.11. The Kier molecular flexibility index (Phi) is 2.29. The van der Waals surface area contributed by atoms with E-state index in [1.54, 1.807) is 18.2 Å². The molecule has 1 aliphatic heterocycles. The Morgan fingerprint density at radius 3 is 2.80 bits per heavy atom. The van der Waals surface area contributed by atoms with E-state index in [0.717, 1.165) is 0 Å². The van der Waals surface area contributed by atoms with Crippen molar-refractivity contribution < 1.29 is 9.59 Å². The van der Waals surface area contributed by atoms with Crippen LogP contribution in [0.15, 0.2) is 22.7 Å². The SMILES string of the molecule is N#CCN1C(=O)C(=O)c2c(Br)cccc21. The van der Waals surface area contributed by atoms with Crippen LogP contribution in [0.1, 0.15) is 10.4 Å². The molecule has 74 valence electrons. The van der Waals surface area contributed by atoms with E-state index in [0.29, 0.717) is 15.7 Å². The molecule has 1 aromatic carbocycles. The van der Waals surface area contributed by atoms with Gasteiger partial charge in [0.05, 0.1) is 17.3 Å². The van der Waals surface area contributed by atoms with Gasteiger partial charge in [0.1, 0.15) is 6.54 Å². The first-order valence-corrected chi connectivity index (χ1v) is 4.97. The van der Waals surface area contributed by atoms with Crippen LogP contribution in [0, 0.1) is 11.3 Å². The van der Waals surface area contributed by atoms with Gasteiger partial charge < -0.3 is 0 Å². The molecule has 0 spiro atoms. The minimum absolute atomic E-state index is 0.103. The van der Waals surface area contributed by atoms with Crippen molar-refractivity contribution in [2.24, 2.45) is 0 Å². The summed E-state index contributed by atoms with van der Waals surface area (Å²) in [5.41, 5.74) is 0.846. The molecule has 4 nitrogen and oxygen atoms in total. The van der Waals surface area contributed by atoms with Gasteiger partial charge in [0.25, 0.3) is 11.7 Å². The van der Waals surface area contributed by atoms with Gasteiger partial charge >= 0.3 is 0 Å². The average Bonchev–Trinajstić information content (AvgIpc) is 2.45. The summed E-state index contributed by atoms with van der Waals surface area (Å²) >= 11 is 3.21. The van der Waals surface area contributed by atoms with E-state index in [9.17, 15) is 9.59 Å². The summed E-state index contributed by atoms with van der Waals surface area (Å²) in [7, 11) is 0. The Bertz CT molecular complexity index is 505. The van der Waals surface area contributed by atoms with E-state index in [1.807, 2.05) is 6.07 Å².